The number of nitrogens with zero attached hydrogens (tertiary/aromatic N) is 2. The highest BCUT2D eigenvalue weighted by Crippen LogP contribution is 2.51. The van der Waals surface area contributed by atoms with Crippen LogP contribution < -0.4 is 38.0 Å². The van der Waals surface area contributed by atoms with Crippen molar-refractivity contribution in [3.05, 3.63) is 22.7 Å². The molecule has 14 N–H and O–H groups in total. The lowest BCUT2D eigenvalue weighted by Gasteiger charge is -2.46. The van der Waals surface area contributed by atoms with Gasteiger partial charge in [-0.15, -0.1) is 0 Å². The van der Waals surface area contributed by atoms with Crippen LogP contribution in [0.4, 0.5) is 10.6 Å². The summed E-state index contributed by atoms with van der Waals surface area (Å²) in [6.07, 6.45) is -10.5. The van der Waals surface area contributed by atoms with E-state index < -0.39 is 112 Å². The molecule has 0 aliphatic carbocycles. The number of rotatable bonds is 23. The zero-order valence-corrected chi connectivity index (χ0v) is 36.4. The molecule has 5 heterocycles. The monoisotopic (exact) mass is 952 g/mol. The predicted molar refractivity (Wildman–Crippen MR) is 220 cm³/mol. The van der Waals surface area contributed by atoms with Crippen LogP contribution in [0.5, 0.6) is 0 Å². The summed E-state index contributed by atoms with van der Waals surface area (Å²) in [4.78, 5) is 87.4. The quantitative estimate of drug-likeness (QED) is 0.0285. The Hall–Kier alpha value is -3.99. The molecule has 4 fully saturated rings. The first-order valence-corrected chi connectivity index (χ1v) is 23.2. The lowest BCUT2D eigenvalue weighted by Crippen LogP contribution is -2.68. The number of nitrogens with two attached hydrogens (primary N) is 1. The van der Waals surface area contributed by atoms with Crippen molar-refractivity contribution in [3.63, 3.8) is 0 Å². The molecule has 0 spiro atoms. The first-order chi connectivity index (χ1) is 30.2. The van der Waals surface area contributed by atoms with Crippen LogP contribution in [0.2, 0.25) is 0 Å². The summed E-state index contributed by atoms with van der Waals surface area (Å²) in [6.45, 7) is -0.236. The molecule has 5 rings (SSSR count). The Kier molecular flexibility index (Phi) is 17.9. The van der Waals surface area contributed by atoms with Crippen LogP contribution in [0.1, 0.15) is 70.9 Å². The summed E-state index contributed by atoms with van der Waals surface area (Å²) in [7, 11) is -5.61. The van der Waals surface area contributed by atoms with Gasteiger partial charge >= 0.3 is 25.5 Å². The number of fused-ring (bicyclic) bond motifs is 1. The molecule has 14 atom stereocenters. The Labute approximate surface area is 369 Å². The van der Waals surface area contributed by atoms with Crippen molar-refractivity contribution in [1.82, 2.24) is 36.1 Å². The van der Waals surface area contributed by atoms with Crippen molar-refractivity contribution in [1.29, 1.82) is 0 Å². The van der Waals surface area contributed by atoms with E-state index in [1.54, 1.807) is 0 Å². The number of hydrogen-bond donors (Lipinski definition) is 13. The van der Waals surface area contributed by atoms with Crippen LogP contribution in [-0.4, -0.2) is 172 Å². The van der Waals surface area contributed by atoms with Crippen LogP contribution in [0, 0.1) is 0 Å². The number of urea groups is 1. The molecule has 4 aliphatic heterocycles. The number of thioether (sulfide) groups is 1. The van der Waals surface area contributed by atoms with Crippen molar-refractivity contribution in [2.45, 2.75) is 143 Å². The van der Waals surface area contributed by atoms with Crippen LogP contribution in [-0.2, 0) is 42.3 Å². The molecule has 4 aliphatic rings. The molecule has 360 valence electrons. The number of carboxylic acid groups (broad SMARTS) is 1. The summed E-state index contributed by atoms with van der Waals surface area (Å²) in [5.74, 6) is -6.07. The third kappa shape index (κ3) is 13.3. The highest BCUT2D eigenvalue weighted by atomic mass is 32.2. The molecule has 4 unspecified atom stereocenters. The highest BCUT2D eigenvalue weighted by molar-refractivity contribution is 8.00. The second kappa shape index (κ2) is 22.5. The van der Waals surface area contributed by atoms with E-state index in [2.05, 4.69) is 31.6 Å². The van der Waals surface area contributed by atoms with Crippen molar-refractivity contribution in [2.75, 3.05) is 31.2 Å². The number of ether oxygens (including phenoxy) is 2. The van der Waals surface area contributed by atoms with Gasteiger partial charge in [-0.25, -0.2) is 23.5 Å². The number of aliphatic carboxylic acids is 1. The number of carbonyl (C=O) groups excluding carboxylic acids is 4. The standard InChI is InChI=1S/C36H57N8O18PS/c1-17(45)40-27-19(46)13-36(33(53)54,62-63(57,58)59-15-21-29(51)30(52)32(60-21)44-12-10-23(37)42-35(44)56)61-31(27)28(50)20(47)14-39-25(49)8-3-2-6-11-38-24(48)9-5-4-7-22-26-18(16-64-22)41-34(55)43-26/h10,12,18-22,26-32,46-47,50-52H,2-9,11,13-16H2,1H3,(H,38,48)(H,39,49)(H,40,45)(H,53,54)(H,57,58)(H2,37,42,56)(H2,41,43,55)/t18?,19-,20+,21+,22?,26?,27+,28+,29+,30+,31+,32+,36+/m0/s1. The number of phosphoric ester groups is 1. The lowest BCUT2D eigenvalue weighted by atomic mass is 9.88. The molecule has 28 heteroatoms. The highest BCUT2D eigenvalue weighted by Gasteiger charge is 2.59. The van der Waals surface area contributed by atoms with Gasteiger partial charge in [-0.2, -0.15) is 16.7 Å². The van der Waals surface area contributed by atoms with Gasteiger partial charge < -0.3 is 77.3 Å². The number of carbonyl (C=O) groups is 5. The maximum Gasteiger partial charge on any atom is 0.475 e. The average Bonchev–Trinajstić information content (AvgIpc) is 3.87. The van der Waals surface area contributed by atoms with Gasteiger partial charge in [0.2, 0.25) is 17.7 Å². The molecule has 1 aromatic rings. The van der Waals surface area contributed by atoms with E-state index in [1.807, 2.05) is 11.8 Å². The van der Waals surface area contributed by atoms with E-state index in [0.717, 1.165) is 36.3 Å². The molecule has 0 aromatic carbocycles. The van der Waals surface area contributed by atoms with Gasteiger partial charge in [0, 0.05) is 56.5 Å². The van der Waals surface area contributed by atoms with E-state index in [-0.39, 0.29) is 36.3 Å². The number of amides is 5. The number of aliphatic hydroxyl groups excluding tert-OH is 5. The average molecular weight is 953 g/mol. The topological polar surface area (TPSA) is 402 Å². The second-order valence-electron chi connectivity index (χ2n) is 16.0. The maximum atomic E-state index is 13.2. The Bertz CT molecular complexity index is 1940. The van der Waals surface area contributed by atoms with Crippen LogP contribution in [0.25, 0.3) is 0 Å². The third-order valence-electron chi connectivity index (χ3n) is 11.1. The van der Waals surface area contributed by atoms with Crippen LogP contribution >= 0.6 is 19.6 Å². The van der Waals surface area contributed by atoms with E-state index >= 15 is 0 Å². The fourth-order valence-corrected chi connectivity index (χ4v) is 10.3. The minimum Gasteiger partial charge on any atom is -0.477 e. The van der Waals surface area contributed by atoms with Gasteiger partial charge in [0.05, 0.1) is 36.9 Å². The number of nitrogens with one attached hydrogen (secondary N) is 5. The van der Waals surface area contributed by atoms with Gasteiger partial charge in [-0.3, -0.25) is 23.5 Å². The van der Waals surface area contributed by atoms with Gasteiger partial charge in [0.25, 0.3) is 5.79 Å². The van der Waals surface area contributed by atoms with Crippen molar-refractivity contribution < 1.29 is 82.6 Å². The molecule has 0 bridgehead atoms. The van der Waals surface area contributed by atoms with Gasteiger partial charge in [-0.1, -0.05) is 12.8 Å². The predicted octanol–water partition coefficient (Wildman–Crippen LogP) is -3.75. The minimum absolute atomic E-state index is 0.00231. The summed E-state index contributed by atoms with van der Waals surface area (Å²) in [5.41, 5.74) is 4.51. The van der Waals surface area contributed by atoms with Crippen molar-refractivity contribution in [3.8, 4) is 0 Å². The number of hydrogen-bond acceptors (Lipinski definition) is 19. The maximum absolute atomic E-state index is 13.2. The van der Waals surface area contributed by atoms with Gasteiger partial charge in [0.1, 0.15) is 36.3 Å². The third-order valence-corrected chi connectivity index (χ3v) is 13.6. The largest absolute Gasteiger partial charge is 0.477 e. The number of anilines is 1. The minimum atomic E-state index is -5.61. The molecule has 26 nitrogen and oxygen atoms in total. The Balaban J connectivity index is 1.05. The molecule has 5 amide bonds. The number of aliphatic hydroxyl groups is 5. The summed E-state index contributed by atoms with van der Waals surface area (Å²) < 4.78 is 34.7. The molecule has 0 saturated carbocycles. The summed E-state index contributed by atoms with van der Waals surface area (Å²) in [6, 6.07) is -0.286. The Morgan fingerprint density at radius 1 is 1.06 bits per heavy atom. The van der Waals surface area contributed by atoms with E-state index in [0.29, 0.717) is 43.9 Å². The fraction of sp³-hybridized carbons (Fsp3) is 0.750. The number of carboxylic acids is 1. The van der Waals surface area contributed by atoms with E-state index in [1.165, 1.54) is 6.07 Å². The Morgan fingerprint density at radius 3 is 2.45 bits per heavy atom. The van der Waals surface area contributed by atoms with Crippen molar-refractivity contribution in [2.24, 2.45) is 0 Å². The number of unbranched alkanes of at least 4 members (excludes halogenated alkanes) is 3. The molecular formula is C36H57N8O18PS. The Morgan fingerprint density at radius 2 is 1.77 bits per heavy atom. The first-order valence-electron chi connectivity index (χ1n) is 20.7. The number of aromatic nitrogens is 2. The fourth-order valence-electron chi connectivity index (χ4n) is 7.81. The lowest BCUT2D eigenvalue weighted by molar-refractivity contribution is -0.288. The molecule has 64 heavy (non-hydrogen) atoms. The number of nitrogen functional groups attached to an aromatic ring is 1. The van der Waals surface area contributed by atoms with Gasteiger partial charge in [-0.05, 0) is 31.7 Å². The smallest absolute Gasteiger partial charge is 0.475 e. The normalized spacial score (nSPS) is 31.8. The second-order valence-corrected chi connectivity index (χ2v) is 18.6. The molecule has 1 aromatic heterocycles. The number of phosphoric acid groups is 1. The van der Waals surface area contributed by atoms with Crippen LogP contribution in [0.3, 0.4) is 0 Å². The zero-order chi connectivity index (χ0) is 46.9. The van der Waals surface area contributed by atoms with Crippen LogP contribution in [0.15, 0.2) is 17.1 Å². The zero-order valence-electron chi connectivity index (χ0n) is 34.7. The van der Waals surface area contributed by atoms with Gasteiger partial charge in [0.15, 0.2) is 6.23 Å². The molecule has 4 saturated heterocycles. The first kappa shape index (κ1) is 51.0. The van der Waals surface area contributed by atoms with E-state index in [4.69, 9.17) is 24.3 Å². The van der Waals surface area contributed by atoms with E-state index in [9.17, 15) is 68.9 Å². The SMILES string of the molecule is CC(=O)N[C@H]1[C@H]([C@H](O)[C@H](O)CNC(=O)CCCCCNC(=O)CCCCC2SCC3NC(=O)NC32)O[C@](OP(=O)(O)OC[C@H]2O[C@@H](n3ccc(N)nc3=O)[C@H](O)[C@@H]2O)(C(=O)O)C[C@@H]1O. The summed E-state index contributed by atoms with van der Waals surface area (Å²) in [5, 5.41) is 77.9. The summed E-state index contributed by atoms with van der Waals surface area (Å²) >= 11 is 1.82. The molecule has 0 radical (unpaired) electrons. The molecular weight excluding hydrogens is 895 g/mol. The van der Waals surface area contributed by atoms with Crippen molar-refractivity contribution >= 4 is 55.1 Å².